The Labute approximate surface area is 124 Å². The summed E-state index contributed by atoms with van der Waals surface area (Å²) >= 11 is 0. The highest BCUT2D eigenvalue weighted by atomic mass is 16.2. The predicted octanol–water partition coefficient (Wildman–Crippen LogP) is 1.47. The minimum atomic E-state index is 0.0286. The van der Waals surface area contributed by atoms with Crippen molar-refractivity contribution in [1.82, 2.24) is 19.6 Å². The van der Waals surface area contributed by atoms with Gasteiger partial charge in [0.15, 0.2) is 5.69 Å². The number of amides is 1. The summed E-state index contributed by atoms with van der Waals surface area (Å²) in [5.74, 6) is 0.0286. The lowest BCUT2D eigenvalue weighted by molar-refractivity contribution is 0.0657. The van der Waals surface area contributed by atoms with Gasteiger partial charge in [-0.25, -0.2) is 0 Å². The van der Waals surface area contributed by atoms with Gasteiger partial charge in [-0.05, 0) is 18.7 Å². The molecule has 3 rings (SSSR count). The third kappa shape index (κ3) is 2.83. The number of likely N-dealkylation sites (N-methyl/N-ethyl adjacent to an activating group) is 1. The van der Waals surface area contributed by atoms with Crippen LogP contribution in [0.4, 0.5) is 0 Å². The number of aryl methyl sites for hydroxylation is 1. The van der Waals surface area contributed by atoms with Gasteiger partial charge < -0.3 is 9.80 Å². The Kier molecular flexibility index (Phi) is 3.75. The van der Waals surface area contributed by atoms with Crippen molar-refractivity contribution in [2.45, 2.75) is 0 Å². The van der Waals surface area contributed by atoms with Crippen LogP contribution in [0.15, 0.2) is 36.4 Å². The summed E-state index contributed by atoms with van der Waals surface area (Å²) < 4.78 is 1.78. The molecule has 1 aromatic carbocycles. The van der Waals surface area contributed by atoms with E-state index in [1.165, 1.54) is 0 Å². The first kappa shape index (κ1) is 13.8. The van der Waals surface area contributed by atoms with Crippen molar-refractivity contribution >= 4 is 5.91 Å². The van der Waals surface area contributed by atoms with Crippen LogP contribution in [0.3, 0.4) is 0 Å². The van der Waals surface area contributed by atoms with E-state index in [-0.39, 0.29) is 5.91 Å². The van der Waals surface area contributed by atoms with Gasteiger partial charge in [0.05, 0.1) is 5.69 Å². The molecule has 5 nitrogen and oxygen atoms in total. The van der Waals surface area contributed by atoms with E-state index in [1.54, 1.807) is 4.68 Å². The molecule has 1 amide bonds. The minimum absolute atomic E-state index is 0.0286. The lowest BCUT2D eigenvalue weighted by Gasteiger charge is -2.31. The first-order valence-corrected chi connectivity index (χ1v) is 7.22. The molecule has 1 aliphatic heterocycles. The van der Waals surface area contributed by atoms with Gasteiger partial charge in [0.25, 0.3) is 5.91 Å². The average molecular weight is 284 g/mol. The summed E-state index contributed by atoms with van der Waals surface area (Å²) in [4.78, 5) is 16.7. The van der Waals surface area contributed by atoms with E-state index in [9.17, 15) is 4.79 Å². The van der Waals surface area contributed by atoms with E-state index in [0.717, 1.165) is 37.4 Å². The summed E-state index contributed by atoms with van der Waals surface area (Å²) in [6.45, 7) is 3.38. The van der Waals surface area contributed by atoms with Crippen molar-refractivity contribution < 1.29 is 4.79 Å². The van der Waals surface area contributed by atoms with Crippen LogP contribution in [0.5, 0.6) is 0 Å². The van der Waals surface area contributed by atoms with E-state index in [4.69, 9.17) is 0 Å². The molecular weight excluding hydrogens is 264 g/mol. The normalized spacial score (nSPS) is 16.2. The van der Waals surface area contributed by atoms with Crippen molar-refractivity contribution in [1.29, 1.82) is 0 Å². The molecule has 21 heavy (non-hydrogen) atoms. The molecule has 0 N–H and O–H groups in total. The molecule has 1 aromatic heterocycles. The van der Waals surface area contributed by atoms with Crippen LogP contribution in [0.25, 0.3) is 11.3 Å². The Balaban J connectivity index is 1.82. The lowest BCUT2D eigenvalue weighted by Crippen LogP contribution is -2.47. The average Bonchev–Trinajstić information content (AvgIpc) is 2.90. The largest absolute Gasteiger partial charge is 0.335 e. The Bertz CT molecular complexity index is 627. The van der Waals surface area contributed by atoms with E-state index in [1.807, 2.05) is 48.3 Å². The lowest BCUT2D eigenvalue weighted by atomic mass is 10.1. The summed E-state index contributed by atoms with van der Waals surface area (Å²) in [7, 11) is 3.96. The zero-order valence-electron chi connectivity index (χ0n) is 12.5. The van der Waals surface area contributed by atoms with Crippen molar-refractivity contribution in [2.75, 3.05) is 33.2 Å². The summed E-state index contributed by atoms with van der Waals surface area (Å²) in [5, 5.41) is 4.39. The van der Waals surface area contributed by atoms with Crippen LogP contribution >= 0.6 is 0 Å². The number of aromatic nitrogens is 2. The Morgan fingerprint density at radius 1 is 1.05 bits per heavy atom. The fraction of sp³-hybridized carbons (Fsp3) is 0.375. The Morgan fingerprint density at radius 3 is 2.38 bits per heavy atom. The minimum Gasteiger partial charge on any atom is -0.335 e. The first-order chi connectivity index (χ1) is 10.1. The molecule has 0 bridgehead atoms. The maximum atomic E-state index is 12.5. The highest BCUT2D eigenvalue weighted by molar-refractivity contribution is 5.93. The van der Waals surface area contributed by atoms with Crippen LogP contribution in [-0.2, 0) is 7.05 Å². The molecule has 0 radical (unpaired) electrons. The number of carbonyl (C=O) groups excluding carboxylic acids is 1. The van der Waals surface area contributed by atoms with Gasteiger partial charge in [0.1, 0.15) is 0 Å². The van der Waals surface area contributed by atoms with Gasteiger partial charge in [-0.1, -0.05) is 30.3 Å². The van der Waals surface area contributed by atoms with Gasteiger partial charge in [-0.15, -0.1) is 0 Å². The zero-order chi connectivity index (χ0) is 14.8. The molecule has 2 heterocycles. The molecular formula is C16H20N4O. The highest BCUT2D eigenvalue weighted by Gasteiger charge is 2.23. The number of hydrogen-bond acceptors (Lipinski definition) is 3. The van der Waals surface area contributed by atoms with Crippen molar-refractivity contribution in [3.8, 4) is 11.3 Å². The molecule has 5 heteroatoms. The highest BCUT2D eigenvalue weighted by Crippen LogP contribution is 2.20. The summed E-state index contributed by atoms with van der Waals surface area (Å²) in [5.41, 5.74) is 2.57. The Morgan fingerprint density at radius 2 is 1.71 bits per heavy atom. The molecule has 0 atom stereocenters. The topological polar surface area (TPSA) is 41.4 Å². The van der Waals surface area contributed by atoms with Crippen LogP contribution < -0.4 is 0 Å². The molecule has 0 spiro atoms. The van der Waals surface area contributed by atoms with E-state index in [0.29, 0.717) is 5.69 Å². The molecule has 1 saturated heterocycles. The van der Waals surface area contributed by atoms with Gasteiger partial charge >= 0.3 is 0 Å². The first-order valence-electron chi connectivity index (χ1n) is 7.22. The fourth-order valence-electron chi connectivity index (χ4n) is 2.62. The van der Waals surface area contributed by atoms with Crippen molar-refractivity contribution in [3.05, 3.63) is 42.1 Å². The van der Waals surface area contributed by atoms with Gasteiger partial charge in [-0.2, -0.15) is 5.10 Å². The van der Waals surface area contributed by atoms with E-state index in [2.05, 4.69) is 17.0 Å². The Hall–Kier alpha value is -2.14. The summed E-state index contributed by atoms with van der Waals surface area (Å²) in [6, 6.07) is 11.9. The van der Waals surface area contributed by atoms with Crippen LogP contribution in [-0.4, -0.2) is 58.7 Å². The molecule has 0 unspecified atom stereocenters. The number of carbonyl (C=O) groups is 1. The molecule has 0 aliphatic carbocycles. The second kappa shape index (κ2) is 5.69. The third-order valence-electron chi connectivity index (χ3n) is 3.96. The summed E-state index contributed by atoms with van der Waals surface area (Å²) in [6.07, 6.45) is 0. The second-order valence-corrected chi connectivity index (χ2v) is 5.50. The number of piperazine rings is 1. The molecule has 2 aromatic rings. The SMILES string of the molecule is CN1CCN(C(=O)c2cc(-c3ccccc3)n(C)n2)CC1. The number of benzene rings is 1. The van der Waals surface area contributed by atoms with Crippen molar-refractivity contribution in [2.24, 2.45) is 7.05 Å². The number of hydrogen-bond donors (Lipinski definition) is 0. The molecule has 1 fully saturated rings. The van der Waals surface area contributed by atoms with Gasteiger partial charge in [0.2, 0.25) is 0 Å². The van der Waals surface area contributed by atoms with E-state index >= 15 is 0 Å². The van der Waals surface area contributed by atoms with E-state index < -0.39 is 0 Å². The third-order valence-corrected chi connectivity index (χ3v) is 3.96. The van der Waals surface area contributed by atoms with Crippen LogP contribution in [0.1, 0.15) is 10.5 Å². The second-order valence-electron chi connectivity index (χ2n) is 5.50. The maximum absolute atomic E-state index is 12.5. The molecule has 1 aliphatic rings. The zero-order valence-corrected chi connectivity index (χ0v) is 12.5. The van der Waals surface area contributed by atoms with Gasteiger partial charge in [0, 0.05) is 33.2 Å². The monoisotopic (exact) mass is 284 g/mol. The fourth-order valence-corrected chi connectivity index (χ4v) is 2.62. The van der Waals surface area contributed by atoms with Crippen molar-refractivity contribution in [3.63, 3.8) is 0 Å². The quantitative estimate of drug-likeness (QED) is 0.838. The van der Waals surface area contributed by atoms with Crippen LogP contribution in [0, 0.1) is 0 Å². The smallest absolute Gasteiger partial charge is 0.274 e. The molecule has 0 saturated carbocycles. The molecule has 110 valence electrons. The predicted molar refractivity (Wildman–Crippen MR) is 82.0 cm³/mol. The standard InChI is InChI=1S/C16H20N4O/c1-18-8-10-20(11-9-18)16(21)14-12-15(19(2)17-14)13-6-4-3-5-7-13/h3-7,12H,8-11H2,1-2H3. The number of rotatable bonds is 2. The maximum Gasteiger partial charge on any atom is 0.274 e. The number of nitrogens with zero attached hydrogens (tertiary/aromatic N) is 4. The van der Waals surface area contributed by atoms with Crippen LogP contribution in [0.2, 0.25) is 0 Å². The van der Waals surface area contributed by atoms with Gasteiger partial charge in [-0.3, -0.25) is 9.48 Å².